The summed E-state index contributed by atoms with van der Waals surface area (Å²) in [7, 11) is 0. The van der Waals surface area contributed by atoms with Crippen LogP contribution in [-0.4, -0.2) is 37.1 Å². The van der Waals surface area contributed by atoms with Gasteiger partial charge in [-0.05, 0) is 31.0 Å². The van der Waals surface area contributed by atoms with Crippen molar-refractivity contribution in [1.82, 2.24) is 19.5 Å². The molecule has 0 saturated carbocycles. The molecule has 29 heavy (non-hydrogen) atoms. The molecule has 8 nitrogen and oxygen atoms in total. The van der Waals surface area contributed by atoms with Gasteiger partial charge in [0.25, 0.3) is 5.56 Å². The van der Waals surface area contributed by atoms with Gasteiger partial charge in [-0.3, -0.25) is 19.1 Å². The van der Waals surface area contributed by atoms with Gasteiger partial charge in [0.05, 0.1) is 6.20 Å². The minimum absolute atomic E-state index is 0.165. The van der Waals surface area contributed by atoms with Gasteiger partial charge >= 0.3 is 0 Å². The molecule has 1 amide bonds. The van der Waals surface area contributed by atoms with Crippen LogP contribution in [0.2, 0.25) is 0 Å². The molecule has 0 saturated heterocycles. The first-order valence-electron chi connectivity index (χ1n) is 9.39. The molecule has 0 aliphatic rings. The summed E-state index contributed by atoms with van der Waals surface area (Å²) >= 11 is 0. The maximum absolute atomic E-state index is 13.0. The van der Waals surface area contributed by atoms with Crippen LogP contribution in [0.4, 0.5) is 5.69 Å². The Hall–Kier alpha value is -3.39. The van der Waals surface area contributed by atoms with E-state index in [1.54, 1.807) is 6.92 Å². The molecule has 0 radical (unpaired) electrons. The summed E-state index contributed by atoms with van der Waals surface area (Å²) in [5, 5.41) is 12.1. The largest absolute Gasteiger partial charge is 0.396 e. The van der Waals surface area contributed by atoms with E-state index < -0.39 is 0 Å². The lowest BCUT2D eigenvalue weighted by Crippen LogP contribution is -2.33. The van der Waals surface area contributed by atoms with E-state index in [0.717, 1.165) is 6.42 Å². The van der Waals surface area contributed by atoms with Crippen LogP contribution in [-0.2, 0) is 24.2 Å². The Balaban J connectivity index is 1.96. The number of rotatable bonds is 7. The van der Waals surface area contributed by atoms with E-state index in [1.807, 2.05) is 24.3 Å². The fourth-order valence-electron chi connectivity index (χ4n) is 3.02. The summed E-state index contributed by atoms with van der Waals surface area (Å²) in [5.41, 5.74) is 2.71. The van der Waals surface area contributed by atoms with Crippen molar-refractivity contribution in [3.8, 4) is 11.5 Å². The highest BCUT2D eigenvalue weighted by atomic mass is 16.3. The van der Waals surface area contributed by atoms with E-state index in [2.05, 4.69) is 27.2 Å². The molecule has 2 heterocycles. The summed E-state index contributed by atoms with van der Waals surface area (Å²) in [6.07, 6.45) is 5.58. The predicted octanol–water partition coefficient (Wildman–Crippen LogP) is 1.74. The Bertz CT molecular complexity index is 1050. The first-order chi connectivity index (χ1) is 14.0. The third-order valence-corrected chi connectivity index (χ3v) is 4.57. The lowest BCUT2D eigenvalue weighted by Gasteiger charge is -2.15. The van der Waals surface area contributed by atoms with E-state index in [1.165, 1.54) is 28.7 Å². The van der Waals surface area contributed by atoms with E-state index in [-0.39, 0.29) is 36.9 Å². The summed E-state index contributed by atoms with van der Waals surface area (Å²) in [5.74, 6) is -0.0964. The second-order valence-electron chi connectivity index (χ2n) is 6.55. The van der Waals surface area contributed by atoms with Crippen LogP contribution >= 0.6 is 0 Å². The van der Waals surface area contributed by atoms with Crippen molar-refractivity contribution in [3.63, 3.8) is 0 Å². The first-order valence-corrected chi connectivity index (χ1v) is 9.39. The first kappa shape index (κ1) is 20.3. The van der Waals surface area contributed by atoms with E-state index in [0.29, 0.717) is 22.6 Å². The van der Waals surface area contributed by atoms with Gasteiger partial charge in [-0.25, -0.2) is 9.97 Å². The molecule has 150 valence electrons. The van der Waals surface area contributed by atoms with Crippen molar-refractivity contribution in [2.45, 2.75) is 33.2 Å². The fourth-order valence-corrected chi connectivity index (χ4v) is 3.02. The van der Waals surface area contributed by atoms with Crippen LogP contribution in [0.25, 0.3) is 11.5 Å². The molecular weight excluding hydrogens is 370 g/mol. The molecule has 3 rings (SSSR count). The van der Waals surface area contributed by atoms with Crippen molar-refractivity contribution in [2.24, 2.45) is 0 Å². The van der Waals surface area contributed by atoms with Gasteiger partial charge in [-0.15, -0.1) is 0 Å². The molecule has 0 bridgehead atoms. The number of amides is 1. The summed E-state index contributed by atoms with van der Waals surface area (Å²) in [4.78, 5) is 38.4. The molecule has 0 aliphatic heterocycles. The van der Waals surface area contributed by atoms with Crippen molar-refractivity contribution in [1.29, 1.82) is 0 Å². The number of hydrogen-bond donors (Lipinski definition) is 2. The lowest BCUT2D eigenvalue weighted by atomic mass is 10.1. The highest BCUT2D eigenvalue weighted by Gasteiger charge is 2.18. The fraction of sp³-hybridized carbons (Fsp3) is 0.286. The Labute approximate surface area is 168 Å². The standard InChI is InChI=1S/C21H23N5O3/c1-3-15-4-6-16(7-5-15)25-19(28)13-26-20(18-12-22-9-10-23-18)24-14(2)17(8-11-27)21(26)29/h4-7,9-10,12,27H,3,8,11,13H2,1-2H3,(H,25,28). The van der Waals surface area contributed by atoms with Crippen LogP contribution in [0.1, 0.15) is 23.7 Å². The second kappa shape index (κ2) is 9.20. The summed E-state index contributed by atoms with van der Waals surface area (Å²) in [6.45, 7) is 3.35. The maximum Gasteiger partial charge on any atom is 0.257 e. The molecule has 2 N–H and O–H groups in total. The molecule has 2 aromatic heterocycles. The van der Waals surface area contributed by atoms with Gasteiger partial charge in [0.2, 0.25) is 5.91 Å². The molecule has 0 unspecified atom stereocenters. The van der Waals surface area contributed by atoms with Crippen molar-refractivity contribution >= 4 is 11.6 Å². The molecule has 0 fully saturated rings. The number of aromatic nitrogens is 4. The SMILES string of the molecule is CCc1ccc(NC(=O)Cn2c(-c3cnccn3)nc(C)c(CCO)c2=O)cc1. The number of nitrogens with one attached hydrogen (secondary N) is 1. The molecular formula is C21H23N5O3. The summed E-state index contributed by atoms with van der Waals surface area (Å²) < 4.78 is 1.28. The zero-order valence-electron chi connectivity index (χ0n) is 16.4. The molecule has 0 aliphatic carbocycles. The van der Waals surface area contributed by atoms with Crippen molar-refractivity contribution < 1.29 is 9.90 Å². The smallest absolute Gasteiger partial charge is 0.257 e. The van der Waals surface area contributed by atoms with Crippen LogP contribution < -0.4 is 10.9 Å². The van der Waals surface area contributed by atoms with E-state index >= 15 is 0 Å². The van der Waals surface area contributed by atoms with Gasteiger partial charge in [0.15, 0.2) is 5.82 Å². The zero-order valence-corrected chi connectivity index (χ0v) is 16.4. The predicted molar refractivity (Wildman–Crippen MR) is 109 cm³/mol. The van der Waals surface area contributed by atoms with Crippen molar-refractivity contribution in [3.05, 3.63) is 70.0 Å². The number of aryl methyl sites for hydroxylation is 2. The number of benzene rings is 1. The van der Waals surface area contributed by atoms with Gasteiger partial charge in [0, 0.05) is 42.4 Å². The van der Waals surface area contributed by atoms with Gasteiger partial charge in [-0.2, -0.15) is 0 Å². The molecule has 8 heteroatoms. The van der Waals surface area contributed by atoms with Crippen LogP contribution in [0.3, 0.4) is 0 Å². The van der Waals surface area contributed by atoms with E-state index in [4.69, 9.17) is 0 Å². The highest BCUT2D eigenvalue weighted by molar-refractivity contribution is 5.90. The second-order valence-corrected chi connectivity index (χ2v) is 6.55. The van der Waals surface area contributed by atoms with Crippen LogP contribution in [0.15, 0.2) is 47.7 Å². The molecule has 3 aromatic rings. The number of nitrogens with zero attached hydrogens (tertiary/aromatic N) is 4. The Morgan fingerprint density at radius 3 is 2.59 bits per heavy atom. The monoisotopic (exact) mass is 393 g/mol. The molecule has 1 aromatic carbocycles. The third kappa shape index (κ3) is 4.72. The number of hydrogen-bond acceptors (Lipinski definition) is 6. The molecule has 0 spiro atoms. The molecule has 0 atom stereocenters. The average molecular weight is 393 g/mol. The number of carbonyl (C=O) groups excluding carboxylic acids is 1. The Morgan fingerprint density at radius 2 is 1.97 bits per heavy atom. The summed E-state index contributed by atoms with van der Waals surface area (Å²) in [6, 6.07) is 7.54. The Kier molecular flexibility index (Phi) is 6.46. The van der Waals surface area contributed by atoms with Crippen LogP contribution in [0, 0.1) is 6.92 Å². The van der Waals surface area contributed by atoms with E-state index in [9.17, 15) is 14.7 Å². The van der Waals surface area contributed by atoms with Gasteiger partial charge < -0.3 is 10.4 Å². The number of carbonyl (C=O) groups is 1. The maximum atomic E-state index is 13.0. The number of anilines is 1. The average Bonchev–Trinajstić information content (AvgIpc) is 2.74. The third-order valence-electron chi connectivity index (χ3n) is 4.57. The van der Waals surface area contributed by atoms with Gasteiger partial charge in [0.1, 0.15) is 12.2 Å². The topological polar surface area (TPSA) is 110 Å². The van der Waals surface area contributed by atoms with Gasteiger partial charge in [-0.1, -0.05) is 19.1 Å². The highest BCUT2D eigenvalue weighted by Crippen LogP contribution is 2.15. The normalized spacial score (nSPS) is 10.7. The number of aliphatic hydroxyl groups excluding tert-OH is 1. The van der Waals surface area contributed by atoms with Crippen molar-refractivity contribution in [2.75, 3.05) is 11.9 Å². The quantitative estimate of drug-likeness (QED) is 0.633. The Morgan fingerprint density at radius 1 is 1.21 bits per heavy atom. The zero-order chi connectivity index (χ0) is 20.8. The van der Waals surface area contributed by atoms with Crippen LogP contribution in [0.5, 0.6) is 0 Å². The minimum atomic E-state index is -0.372. The number of aliphatic hydroxyl groups is 1. The lowest BCUT2D eigenvalue weighted by molar-refractivity contribution is -0.116. The minimum Gasteiger partial charge on any atom is -0.396 e.